The first kappa shape index (κ1) is 20.0. The minimum absolute atomic E-state index is 0.0843. The molecule has 0 unspecified atom stereocenters. The molecule has 0 aliphatic rings. The van der Waals surface area contributed by atoms with Crippen molar-refractivity contribution in [3.8, 4) is 0 Å². The maximum atomic E-state index is 12.6. The number of carbonyl (C=O) groups excluding carboxylic acids is 2. The van der Waals surface area contributed by atoms with E-state index in [9.17, 15) is 9.59 Å². The van der Waals surface area contributed by atoms with Crippen LogP contribution in [0, 0.1) is 5.92 Å². The van der Waals surface area contributed by atoms with Crippen molar-refractivity contribution in [2.75, 3.05) is 6.54 Å². The molecule has 26 heavy (non-hydrogen) atoms. The lowest BCUT2D eigenvalue weighted by molar-refractivity contribution is -0.121. The van der Waals surface area contributed by atoms with Gasteiger partial charge in [0.05, 0.1) is 23.0 Å². The van der Waals surface area contributed by atoms with E-state index in [1.54, 1.807) is 24.3 Å². The van der Waals surface area contributed by atoms with Crippen LogP contribution in [0.2, 0.25) is 5.02 Å². The summed E-state index contributed by atoms with van der Waals surface area (Å²) in [5.74, 6) is 0.151. The number of nitrogens with one attached hydrogen (secondary N) is 2. The van der Waals surface area contributed by atoms with Crippen LogP contribution in [0.1, 0.15) is 48.7 Å². The molecule has 0 saturated carbocycles. The fourth-order valence-electron chi connectivity index (χ4n) is 2.58. The Morgan fingerprint density at radius 1 is 1.00 bits per heavy atom. The Bertz CT molecular complexity index is 732. The van der Waals surface area contributed by atoms with Crippen LogP contribution in [-0.2, 0) is 4.79 Å². The summed E-state index contributed by atoms with van der Waals surface area (Å²) in [6.07, 6.45) is 1.10. The Morgan fingerprint density at radius 3 is 2.31 bits per heavy atom. The van der Waals surface area contributed by atoms with Gasteiger partial charge in [-0.2, -0.15) is 0 Å². The van der Waals surface area contributed by atoms with E-state index in [0.29, 0.717) is 23.0 Å². The van der Waals surface area contributed by atoms with Gasteiger partial charge >= 0.3 is 0 Å². The molecule has 0 radical (unpaired) electrons. The van der Waals surface area contributed by atoms with Crippen LogP contribution in [0.3, 0.4) is 0 Å². The van der Waals surface area contributed by atoms with Crippen molar-refractivity contribution in [1.29, 1.82) is 0 Å². The Kier molecular flexibility index (Phi) is 7.67. The molecule has 138 valence electrons. The lowest BCUT2D eigenvalue weighted by atomic mass is 10.0. The summed E-state index contributed by atoms with van der Waals surface area (Å²) in [7, 11) is 0. The van der Waals surface area contributed by atoms with Crippen LogP contribution in [0.4, 0.5) is 0 Å². The van der Waals surface area contributed by atoms with Gasteiger partial charge in [-0.3, -0.25) is 9.59 Å². The first-order valence-electron chi connectivity index (χ1n) is 8.84. The molecular formula is C21H25ClN2O2. The zero-order chi connectivity index (χ0) is 18.9. The third-order valence-electron chi connectivity index (χ3n) is 4.06. The number of carbonyl (C=O) groups is 2. The maximum Gasteiger partial charge on any atom is 0.253 e. The molecule has 0 aromatic heterocycles. The summed E-state index contributed by atoms with van der Waals surface area (Å²) in [6.45, 7) is 4.86. The van der Waals surface area contributed by atoms with E-state index in [1.165, 1.54) is 0 Å². The SMILES string of the molecule is CC(C)CCNC(=O)C[C@H](NC(=O)c1ccccc1Cl)c1ccccc1. The summed E-state index contributed by atoms with van der Waals surface area (Å²) in [5, 5.41) is 6.25. The van der Waals surface area contributed by atoms with E-state index in [4.69, 9.17) is 11.6 Å². The monoisotopic (exact) mass is 372 g/mol. The van der Waals surface area contributed by atoms with Crippen molar-refractivity contribution in [2.45, 2.75) is 32.7 Å². The number of amides is 2. The van der Waals surface area contributed by atoms with Gasteiger partial charge < -0.3 is 10.6 Å². The summed E-state index contributed by atoms with van der Waals surface area (Å²) in [4.78, 5) is 24.9. The molecule has 0 bridgehead atoms. The van der Waals surface area contributed by atoms with Gasteiger partial charge in [0.2, 0.25) is 5.91 Å². The second-order valence-electron chi connectivity index (χ2n) is 6.65. The molecule has 0 spiro atoms. The Morgan fingerprint density at radius 2 is 1.65 bits per heavy atom. The second kappa shape index (κ2) is 9.97. The number of benzene rings is 2. The van der Waals surface area contributed by atoms with Crippen LogP contribution in [-0.4, -0.2) is 18.4 Å². The molecule has 0 aliphatic carbocycles. The fourth-order valence-corrected chi connectivity index (χ4v) is 2.80. The zero-order valence-corrected chi connectivity index (χ0v) is 15.9. The number of hydrogen-bond donors (Lipinski definition) is 2. The predicted molar refractivity (Wildman–Crippen MR) is 105 cm³/mol. The molecule has 0 saturated heterocycles. The van der Waals surface area contributed by atoms with Gasteiger partial charge in [-0.1, -0.05) is 67.9 Å². The quantitative estimate of drug-likeness (QED) is 0.723. The Hall–Kier alpha value is -2.33. The van der Waals surface area contributed by atoms with E-state index < -0.39 is 6.04 Å². The van der Waals surface area contributed by atoms with Crippen molar-refractivity contribution in [3.63, 3.8) is 0 Å². The normalized spacial score (nSPS) is 11.8. The van der Waals surface area contributed by atoms with Crippen molar-refractivity contribution in [1.82, 2.24) is 10.6 Å². The van der Waals surface area contributed by atoms with E-state index in [0.717, 1.165) is 12.0 Å². The van der Waals surface area contributed by atoms with Crippen LogP contribution in [0.5, 0.6) is 0 Å². The standard InChI is InChI=1S/C21H25ClN2O2/c1-15(2)12-13-23-20(25)14-19(16-8-4-3-5-9-16)24-21(26)17-10-6-7-11-18(17)22/h3-11,15,19H,12-14H2,1-2H3,(H,23,25)(H,24,26)/t19-/m0/s1. The number of rotatable bonds is 8. The summed E-state index contributed by atoms with van der Waals surface area (Å²) in [6, 6.07) is 15.9. The average Bonchev–Trinajstić information content (AvgIpc) is 2.62. The van der Waals surface area contributed by atoms with E-state index >= 15 is 0 Å². The first-order valence-corrected chi connectivity index (χ1v) is 9.22. The summed E-state index contributed by atoms with van der Waals surface area (Å²) in [5.41, 5.74) is 1.28. The average molecular weight is 373 g/mol. The highest BCUT2D eigenvalue weighted by molar-refractivity contribution is 6.33. The van der Waals surface area contributed by atoms with Gasteiger partial charge in [0.1, 0.15) is 0 Å². The summed E-state index contributed by atoms with van der Waals surface area (Å²) < 4.78 is 0. The molecule has 5 heteroatoms. The topological polar surface area (TPSA) is 58.2 Å². The zero-order valence-electron chi connectivity index (χ0n) is 15.2. The van der Waals surface area contributed by atoms with Crippen molar-refractivity contribution in [2.24, 2.45) is 5.92 Å². The third kappa shape index (κ3) is 6.19. The third-order valence-corrected chi connectivity index (χ3v) is 4.39. The maximum absolute atomic E-state index is 12.6. The van der Waals surface area contributed by atoms with E-state index in [2.05, 4.69) is 24.5 Å². The fraction of sp³-hybridized carbons (Fsp3) is 0.333. The van der Waals surface area contributed by atoms with Gasteiger partial charge in [-0.05, 0) is 30.0 Å². The number of halogens is 1. The molecule has 4 nitrogen and oxygen atoms in total. The van der Waals surface area contributed by atoms with Gasteiger partial charge in [0, 0.05) is 6.54 Å². The minimum atomic E-state index is -0.418. The van der Waals surface area contributed by atoms with E-state index in [1.807, 2.05) is 30.3 Å². The second-order valence-corrected chi connectivity index (χ2v) is 7.06. The molecule has 2 amide bonds. The lowest BCUT2D eigenvalue weighted by Crippen LogP contribution is -2.34. The molecule has 1 atom stereocenters. The molecule has 2 aromatic rings. The van der Waals surface area contributed by atoms with Crippen LogP contribution in [0.25, 0.3) is 0 Å². The van der Waals surface area contributed by atoms with Gasteiger partial charge in [-0.25, -0.2) is 0 Å². The first-order chi connectivity index (χ1) is 12.5. The van der Waals surface area contributed by atoms with Crippen molar-refractivity contribution < 1.29 is 9.59 Å². The van der Waals surface area contributed by atoms with Crippen molar-refractivity contribution in [3.05, 3.63) is 70.7 Å². The molecule has 0 aliphatic heterocycles. The Labute approximate surface area is 159 Å². The Balaban J connectivity index is 2.08. The predicted octanol–water partition coefficient (Wildman–Crippen LogP) is 4.36. The van der Waals surface area contributed by atoms with Gasteiger partial charge in [-0.15, -0.1) is 0 Å². The lowest BCUT2D eigenvalue weighted by Gasteiger charge is -2.19. The van der Waals surface area contributed by atoms with Gasteiger partial charge in [0.15, 0.2) is 0 Å². The highest BCUT2D eigenvalue weighted by Gasteiger charge is 2.20. The molecule has 2 N–H and O–H groups in total. The molecule has 0 fully saturated rings. The molecule has 2 rings (SSSR count). The number of hydrogen-bond acceptors (Lipinski definition) is 2. The molecule has 0 heterocycles. The van der Waals surface area contributed by atoms with Gasteiger partial charge in [0.25, 0.3) is 5.91 Å². The van der Waals surface area contributed by atoms with Crippen LogP contribution >= 0.6 is 11.6 Å². The smallest absolute Gasteiger partial charge is 0.253 e. The largest absolute Gasteiger partial charge is 0.356 e. The molecule has 2 aromatic carbocycles. The summed E-state index contributed by atoms with van der Waals surface area (Å²) >= 11 is 6.11. The highest BCUT2D eigenvalue weighted by atomic mass is 35.5. The van der Waals surface area contributed by atoms with Crippen molar-refractivity contribution >= 4 is 23.4 Å². The minimum Gasteiger partial charge on any atom is -0.356 e. The molecular weight excluding hydrogens is 348 g/mol. The highest BCUT2D eigenvalue weighted by Crippen LogP contribution is 2.20. The van der Waals surface area contributed by atoms with Crippen LogP contribution in [0.15, 0.2) is 54.6 Å². The van der Waals surface area contributed by atoms with E-state index in [-0.39, 0.29) is 18.2 Å². The van der Waals surface area contributed by atoms with Crippen LogP contribution < -0.4 is 10.6 Å².